The van der Waals surface area contributed by atoms with E-state index >= 15 is 4.39 Å². The second-order valence-electron chi connectivity index (χ2n) is 6.41. The third-order valence-electron chi connectivity index (χ3n) is 4.73. The van der Waals surface area contributed by atoms with E-state index in [4.69, 9.17) is 11.6 Å². The van der Waals surface area contributed by atoms with Gasteiger partial charge in [-0.05, 0) is 25.0 Å². The molecule has 9 heteroatoms. The van der Waals surface area contributed by atoms with Crippen molar-refractivity contribution in [3.8, 4) is 0 Å². The monoisotopic (exact) mass is 400 g/mol. The molecule has 1 aliphatic carbocycles. The number of nitrogens with zero attached hydrogens (tertiary/aromatic N) is 1. The van der Waals surface area contributed by atoms with Crippen molar-refractivity contribution in [3.05, 3.63) is 63.9 Å². The molecule has 0 bridgehead atoms. The number of nitrogens with one attached hydrogen (secondary N) is 1. The molecule has 1 heterocycles. The lowest BCUT2D eigenvalue weighted by Crippen LogP contribution is -2.49. The fourth-order valence-corrected chi connectivity index (χ4v) is 3.28. The molecule has 0 fully saturated rings. The first-order valence-corrected chi connectivity index (χ1v) is 8.49. The minimum atomic E-state index is -2.54. The van der Waals surface area contributed by atoms with Crippen LogP contribution < -0.4 is 5.32 Å². The number of pyridine rings is 1. The molecule has 1 aliphatic rings. The number of amides is 1. The van der Waals surface area contributed by atoms with Gasteiger partial charge >= 0.3 is 0 Å². The number of carbonyl (C=O) groups is 1. The summed E-state index contributed by atoms with van der Waals surface area (Å²) < 4.78 is 42.9. The Morgan fingerprint density at radius 1 is 1.26 bits per heavy atom. The Labute approximate surface area is 157 Å². The number of aliphatic hydroxyl groups excluding tert-OH is 1. The van der Waals surface area contributed by atoms with Crippen LogP contribution in [0.1, 0.15) is 29.7 Å². The summed E-state index contributed by atoms with van der Waals surface area (Å²) in [6.45, 7) is -1.13. The molecule has 5 nitrogen and oxygen atoms in total. The lowest BCUT2D eigenvalue weighted by molar-refractivity contribution is -0.138. The van der Waals surface area contributed by atoms with E-state index in [1.807, 2.05) is 0 Å². The second kappa shape index (κ2) is 7.10. The van der Waals surface area contributed by atoms with Gasteiger partial charge in [-0.15, -0.1) is 0 Å². The summed E-state index contributed by atoms with van der Waals surface area (Å²) in [5, 5.41) is 21.7. The fourth-order valence-electron chi connectivity index (χ4n) is 3.14. The van der Waals surface area contributed by atoms with Gasteiger partial charge in [0.05, 0.1) is 17.3 Å². The first-order chi connectivity index (χ1) is 12.7. The average molecular weight is 401 g/mol. The van der Waals surface area contributed by atoms with Crippen LogP contribution in [-0.2, 0) is 22.6 Å². The SMILES string of the molecule is O=C(NCc1ccc(Cl)c(F)c1F)[C@]1(F)CC[C@@](O)(CO)c2ncccc21. The predicted molar refractivity (Wildman–Crippen MR) is 90.5 cm³/mol. The largest absolute Gasteiger partial charge is 0.393 e. The Hall–Kier alpha value is -2.16. The highest BCUT2D eigenvalue weighted by molar-refractivity contribution is 6.30. The topological polar surface area (TPSA) is 82.5 Å². The highest BCUT2D eigenvalue weighted by Gasteiger charge is 2.51. The number of carbonyl (C=O) groups excluding carboxylic acids is 1. The molecule has 1 amide bonds. The second-order valence-corrected chi connectivity index (χ2v) is 6.81. The molecule has 1 aromatic carbocycles. The van der Waals surface area contributed by atoms with E-state index in [9.17, 15) is 23.8 Å². The van der Waals surface area contributed by atoms with Gasteiger partial charge in [-0.25, -0.2) is 13.2 Å². The molecule has 0 unspecified atom stereocenters. The van der Waals surface area contributed by atoms with Crippen molar-refractivity contribution in [1.82, 2.24) is 10.3 Å². The van der Waals surface area contributed by atoms with Crippen LogP contribution in [0.25, 0.3) is 0 Å². The highest BCUT2D eigenvalue weighted by Crippen LogP contribution is 2.45. The molecule has 0 radical (unpaired) electrons. The minimum Gasteiger partial charge on any atom is -0.393 e. The molecule has 3 N–H and O–H groups in total. The number of alkyl halides is 1. The average Bonchev–Trinajstić information content (AvgIpc) is 2.68. The van der Waals surface area contributed by atoms with Gasteiger partial charge in [0, 0.05) is 23.9 Å². The van der Waals surface area contributed by atoms with Gasteiger partial charge < -0.3 is 15.5 Å². The minimum absolute atomic E-state index is 0.125. The van der Waals surface area contributed by atoms with Crippen LogP contribution >= 0.6 is 11.6 Å². The summed E-state index contributed by atoms with van der Waals surface area (Å²) in [6.07, 6.45) is 0.669. The molecule has 0 spiro atoms. The molecule has 27 heavy (non-hydrogen) atoms. The Morgan fingerprint density at radius 2 is 2.00 bits per heavy atom. The standard InChI is InChI=1S/C18H16ClF3N2O3/c19-12-4-3-10(13(20)14(12)21)8-24-16(26)18(22)6-5-17(27,9-25)15-11(18)2-1-7-23-15/h1-4,7,25,27H,5-6,8-9H2,(H,24,26)/t17-,18+/m1/s1. The summed E-state index contributed by atoms with van der Waals surface area (Å²) >= 11 is 5.48. The van der Waals surface area contributed by atoms with E-state index in [0.29, 0.717) is 0 Å². The van der Waals surface area contributed by atoms with Gasteiger partial charge in [0.15, 0.2) is 11.6 Å². The fraction of sp³-hybridized carbons (Fsp3) is 0.333. The van der Waals surface area contributed by atoms with E-state index in [0.717, 1.165) is 6.07 Å². The number of aromatic nitrogens is 1. The third kappa shape index (κ3) is 3.28. The van der Waals surface area contributed by atoms with Crippen molar-refractivity contribution in [2.75, 3.05) is 6.61 Å². The van der Waals surface area contributed by atoms with Gasteiger partial charge in [0.25, 0.3) is 5.91 Å². The first kappa shape index (κ1) is 19.6. The number of hydrogen-bond donors (Lipinski definition) is 3. The molecular formula is C18H16ClF3N2O3. The molecule has 3 rings (SSSR count). The summed E-state index contributed by atoms with van der Waals surface area (Å²) in [5.41, 5.74) is -4.78. The maximum atomic E-state index is 15.6. The lowest BCUT2D eigenvalue weighted by atomic mass is 9.74. The van der Waals surface area contributed by atoms with Crippen LogP contribution in [-0.4, -0.2) is 27.7 Å². The summed E-state index contributed by atoms with van der Waals surface area (Å²) in [6, 6.07) is 5.02. The molecule has 0 saturated heterocycles. The summed E-state index contributed by atoms with van der Waals surface area (Å²) in [7, 11) is 0. The van der Waals surface area contributed by atoms with Crippen molar-refractivity contribution in [2.45, 2.75) is 30.7 Å². The first-order valence-electron chi connectivity index (χ1n) is 8.12. The number of halogens is 4. The van der Waals surface area contributed by atoms with Crippen molar-refractivity contribution in [2.24, 2.45) is 0 Å². The molecule has 0 aliphatic heterocycles. The van der Waals surface area contributed by atoms with E-state index in [-0.39, 0.29) is 23.2 Å². The quantitative estimate of drug-likeness (QED) is 0.689. The van der Waals surface area contributed by atoms with Gasteiger partial charge in [-0.1, -0.05) is 23.7 Å². The molecule has 1 aromatic heterocycles. The Morgan fingerprint density at radius 3 is 2.70 bits per heavy atom. The van der Waals surface area contributed by atoms with Crippen molar-refractivity contribution in [3.63, 3.8) is 0 Å². The van der Waals surface area contributed by atoms with Crippen LogP contribution in [0.2, 0.25) is 5.02 Å². The number of rotatable bonds is 4. The Balaban J connectivity index is 1.87. The smallest absolute Gasteiger partial charge is 0.262 e. The summed E-state index contributed by atoms with van der Waals surface area (Å²) in [4.78, 5) is 16.4. The van der Waals surface area contributed by atoms with Crippen LogP contribution in [0.15, 0.2) is 30.5 Å². The zero-order chi connectivity index (χ0) is 19.8. The van der Waals surface area contributed by atoms with Gasteiger partial charge in [0.2, 0.25) is 5.67 Å². The van der Waals surface area contributed by atoms with E-state index in [1.54, 1.807) is 0 Å². The van der Waals surface area contributed by atoms with Crippen LogP contribution in [0.3, 0.4) is 0 Å². The van der Waals surface area contributed by atoms with E-state index in [2.05, 4.69) is 10.3 Å². The zero-order valence-corrected chi connectivity index (χ0v) is 14.7. The zero-order valence-electron chi connectivity index (χ0n) is 14.0. The maximum absolute atomic E-state index is 15.6. The van der Waals surface area contributed by atoms with Gasteiger partial charge in [-0.3, -0.25) is 9.78 Å². The van der Waals surface area contributed by atoms with Crippen LogP contribution in [0.4, 0.5) is 13.2 Å². The van der Waals surface area contributed by atoms with Crippen molar-refractivity contribution >= 4 is 17.5 Å². The van der Waals surface area contributed by atoms with Gasteiger partial charge in [0.1, 0.15) is 5.60 Å². The molecule has 2 aromatic rings. The summed E-state index contributed by atoms with van der Waals surface area (Å²) in [5.74, 6) is -3.55. The van der Waals surface area contributed by atoms with E-state index < -0.39 is 53.4 Å². The molecule has 2 atom stereocenters. The Bertz CT molecular complexity index is 898. The maximum Gasteiger partial charge on any atom is 0.262 e. The normalized spacial score (nSPS) is 24.4. The highest BCUT2D eigenvalue weighted by atomic mass is 35.5. The predicted octanol–water partition coefficient (Wildman–Crippen LogP) is 2.47. The number of benzene rings is 1. The van der Waals surface area contributed by atoms with Crippen molar-refractivity contribution in [1.29, 1.82) is 0 Å². The van der Waals surface area contributed by atoms with E-state index in [1.165, 1.54) is 24.4 Å². The number of aliphatic hydroxyl groups is 2. The van der Waals surface area contributed by atoms with Crippen LogP contribution in [0.5, 0.6) is 0 Å². The van der Waals surface area contributed by atoms with Crippen LogP contribution in [0, 0.1) is 11.6 Å². The Kier molecular flexibility index (Phi) is 5.16. The van der Waals surface area contributed by atoms with Crippen molar-refractivity contribution < 1.29 is 28.2 Å². The third-order valence-corrected chi connectivity index (χ3v) is 5.03. The molecule has 144 valence electrons. The number of hydrogen-bond acceptors (Lipinski definition) is 4. The number of fused-ring (bicyclic) bond motifs is 1. The molecular weight excluding hydrogens is 385 g/mol. The van der Waals surface area contributed by atoms with Gasteiger partial charge in [-0.2, -0.15) is 0 Å². The lowest BCUT2D eigenvalue weighted by Gasteiger charge is -2.38. The molecule has 0 saturated carbocycles.